The molecule has 0 aromatic heterocycles. The van der Waals surface area contributed by atoms with E-state index >= 15 is 0 Å². The topological polar surface area (TPSA) is 78.9 Å². The van der Waals surface area contributed by atoms with Gasteiger partial charge >= 0.3 is 0 Å². The first-order chi connectivity index (χ1) is 9.01. The van der Waals surface area contributed by atoms with Crippen LogP contribution in [-0.2, 0) is 0 Å². The Morgan fingerprint density at radius 1 is 1.53 bits per heavy atom. The van der Waals surface area contributed by atoms with E-state index < -0.39 is 0 Å². The smallest absolute Gasteiger partial charge is 0.254 e. The zero-order valence-electron chi connectivity index (χ0n) is 11.3. The molecule has 3 N–H and O–H groups in total. The van der Waals surface area contributed by atoms with Gasteiger partial charge in [0.1, 0.15) is 5.84 Å². The molecule has 1 aromatic carbocycles. The Labute approximate surface area is 117 Å². The van der Waals surface area contributed by atoms with Crippen molar-refractivity contribution in [2.75, 3.05) is 19.8 Å². The molecule has 0 saturated carbocycles. The fourth-order valence-electron chi connectivity index (χ4n) is 1.71. The molecule has 0 aliphatic carbocycles. The quantitative estimate of drug-likeness (QED) is 0.284. The van der Waals surface area contributed by atoms with E-state index in [-0.39, 0.29) is 17.7 Å². The van der Waals surface area contributed by atoms with Crippen molar-refractivity contribution in [1.29, 1.82) is 0 Å². The van der Waals surface area contributed by atoms with Gasteiger partial charge in [-0.15, -0.1) is 11.8 Å². The second kappa shape index (κ2) is 7.04. The van der Waals surface area contributed by atoms with Gasteiger partial charge in [-0.2, -0.15) is 0 Å². The van der Waals surface area contributed by atoms with Crippen LogP contribution in [-0.4, -0.2) is 41.7 Å². The van der Waals surface area contributed by atoms with E-state index in [1.165, 1.54) is 11.8 Å². The number of thioether (sulfide) groups is 1. The molecular formula is C13H19N3O2S. The van der Waals surface area contributed by atoms with Gasteiger partial charge in [0.05, 0.1) is 5.56 Å². The van der Waals surface area contributed by atoms with Crippen molar-refractivity contribution in [3.63, 3.8) is 0 Å². The zero-order valence-corrected chi connectivity index (χ0v) is 12.1. The predicted molar refractivity (Wildman–Crippen MR) is 77.8 cm³/mol. The molecule has 0 radical (unpaired) electrons. The Balaban J connectivity index is 2.82. The average Bonchev–Trinajstić information content (AvgIpc) is 2.45. The molecule has 0 bridgehead atoms. The van der Waals surface area contributed by atoms with Gasteiger partial charge in [-0.25, -0.2) is 0 Å². The summed E-state index contributed by atoms with van der Waals surface area (Å²) in [6.07, 6.45) is 1.94. The second-order valence-electron chi connectivity index (χ2n) is 4.31. The van der Waals surface area contributed by atoms with Gasteiger partial charge in [0, 0.05) is 24.4 Å². The first-order valence-electron chi connectivity index (χ1n) is 5.87. The fraction of sp³-hybridized carbons (Fsp3) is 0.385. The highest BCUT2D eigenvalue weighted by Crippen LogP contribution is 2.21. The maximum Gasteiger partial charge on any atom is 0.254 e. The zero-order chi connectivity index (χ0) is 14.4. The minimum absolute atomic E-state index is 0.0671. The lowest BCUT2D eigenvalue weighted by Crippen LogP contribution is -2.36. The first-order valence-corrected chi connectivity index (χ1v) is 7.09. The fourth-order valence-corrected chi connectivity index (χ4v) is 2.30. The number of nitrogens with two attached hydrogens (primary N) is 1. The normalized spacial score (nSPS) is 13.1. The Kier molecular flexibility index (Phi) is 5.69. The summed E-state index contributed by atoms with van der Waals surface area (Å²) in [6.45, 7) is 2.21. The minimum atomic E-state index is -0.194. The number of carbonyl (C=O) groups is 1. The lowest BCUT2D eigenvalue weighted by atomic mass is 10.1. The molecule has 19 heavy (non-hydrogen) atoms. The maximum absolute atomic E-state index is 12.3. The molecule has 0 saturated heterocycles. The standard InChI is InChI=1S/C13H19N3O2S/c1-9(12(14)15-18)8-16(2)13(17)10-6-4-5-7-11(10)19-3/h4-7,9,18H,8H2,1-3H3,(H2,14,15). The van der Waals surface area contributed by atoms with Crippen molar-refractivity contribution in [2.24, 2.45) is 16.8 Å². The Morgan fingerprint density at radius 3 is 2.74 bits per heavy atom. The molecule has 1 unspecified atom stereocenters. The van der Waals surface area contributed by atoms with Gasteiger partial charge in [-0.3, -0.25) is 4.79 Å². The summed E-state index contributed by atoms with van der Waals surface area (Å²) in [5.74, 6) is -0.138. The third kappa shape index (κ3) is 3.89. The van der Waals surface area contributed by atoms with Crippen LogP contribution < -0.4 is 5.73 Å². The Hall–Kier alpha value is -1.69. The van der Waals surface area contributed by atoms with Gasteiger partial charge in [-0.1, -0.05) is 24.2 Å². The summed E-state index contributed by atoms with van der Waals surface area (Å²) in [7, 11) is 1.71. The lowest BCUT2D eigenvalue weighted by Gasteiger charge is -2.21. The van der Waals surface area contributed by atoms with Crippen LogP contribution in [0, 0.1) is 5.92 Å². The summed E-state index contributed by atoms with van der Waals surface area (Å²) in [5.41, 5.74) is 6.19. The van der Waals surface area contributed by atoms with Gasteiger partial charge < -0.3 is 15.8 Å². The summed E-state index contributed by atoms with van der Waals surface area (Å²) in [5, 5.41) is 11.6. The monoisotopic (exact) mass is 281 g/mol. The van der Waals surface area contributed by atoms with Crippen molar-refractivity contribution in [1.82, 2.24) is 4.90 Å². The van der Waals surface area contributed by atoms with Gasteiger partial charge in [0.2, 0.25) is 0 Å². The number of nitrogens with zero attached hydrogens (tertiary/aromatic N) is 2. The van der Waals surface area contributed by atoms with E-state index in [1.54, 1.807) is 24.9 Å². The molecule has 1 atom stereocenters. The van der Waals surface area contributed by atoms with Crippen molar-refractivity contribution < 1.29 is 10.0 Å². The lowest BCUT2D eigenvalue weighted by molar-refractivity contribution is 0.0782. The molecular weight excluding hydrogens is 262 g/mol. The predicted octanol–water partition coefficient (Wildman–Crippen LogP) is 1.86. The first kappa shape index (κ1) is 15.4. The van der Waals surface area contributed by atoms with E-state index in [2.05, 4.69) is 5.16 Å². The molecule has 6 heteroatoms. The minimum Gasteiger partial charge on any atom is -0.409 e. The number of hydrogen-bond donors (Lipinski definition) is 2. The van der Waals surface area contributed by atoms with Gasteiger partial charge in [0.15, 0.2) is 0 Å². The van der Waals surface area contributed by atoms with Crippen LogP contribution in [0.5, 0.6) is 0 Å². The molecule has 0 aliphatic heterocycles. The van der Waals surface area contributed by atoms with Gasteiger partial charge in [0.25, 0.3) is 5.91 Å². The molecule has 0 spiro atoms. The van der Waals surface area contributed by atoms with Crippen LogP contribution in [0.15, 0.2) is 34.3 Å². The van der Waals surface area contributed by atoms with Crippen LogP contribution in [0.2, 0.25) is 0 Å². The number of amides is 1. The Morgan fingerprint density at radius 2 is 2.16 bits per heavy atom. The van der Waals surface area contributed by atoms with E-state index in [0.29, 0.717) is 12.1 Å². The van der Waals surface area contributed by atoms with Crippen LogP contribution >= 0.6 is 11.8 Å². The van der Waals surface area contributed by atoms with Crippen molar-refractivity contribution in [3.8, 4) is 0 Å². The van der Waals surface area contributed by atoms with E-state index in [1.807, 2.05) is 24.5 Å². The average molecular weight is 281 g/mol. The third-order valence-electron chi connectivity index (χ3n) is 2.85. The van der Waals surface area contributed by atoms with Gasteiger partial charge in [-0.05, 0) is 18.4 Å². The number of hydrogen-bond acceptors (Lipinski definition) is 4. The number of benzene rings is 1. The molecule has 1 amide bonds. The summed E-state index contributed by atoms with van der Waals surface area (Å²) >= 11 is 1.53. The molecule has 1 aromatic rings. The van der Waals surface area contributed by atoms with Crippen molar-refractivity contribution >= 4 is 23.5 Å². The number of oxime groups is 1. The molecule has 5 nitrogen and oxygen atoms in total. The second-order valence-corrected chi connectivity index (χ2v) is 5.16. The highest BCUT2D eigenvalue weighted by Gasteiger charge is 2.18. The highest BCUT2D eigenvalue weighted by atomic mass is 32.2. The summed E-state index contributed by atoms with van der Waals surface area (Å²) in [6, 6.07) is 7.47. The maximum atomic E-state index is 12.3. The molecule has 0 fully saturated rings. The van der Waals surface area contributed by atoms with E-state index in [0.717, 1.165) is 4.90 Å². The van der Waals surface area contributed by atoms with Crippen LogP contribution in [0.4, 0.5) is 0 Å². The summed E-state index contributed by atoms with van der Waals surface area (Å²) in [4.78, 5) is 14.9. The summed E-state index contributed by atoms with van der Waals surface area (Å²) < 4.78 is 0. The Bertz CT molecular complexity index is 477. The molecule has 1 rings (SSSR count). The number of carbonyl (C=O) groups excluding carboxylic acids is 1. The number of amidine groups is 1. The largest absolute Gasteiger partial charge is 0.409 e. The van der Waals surface area contributed by atoms with Crippen LogP contribution in [0.25, 0.3) is 0 Å². The molecule has 0 aliphatic rings. The van der Waals surface area contributed by atoms with Crippen molar-refractivity contribution in [2.45, 2.75) is 11.8 Å². The van der Waals surface area contributed by atoms with E-state index in [4.69, 9.17) is 10.9 Å². The van der Waals surface area contributed by atoms with Crippen LogP contribution in [0.1, 0.15) is 17.3 Å². The van der Waals surface area contributed by atoms with Crippen molar-refractivity contribution in [3.05, 3.63) is 29.8 Å². The SMILES string of the molecule is CSc1ccccc1C(=O)N(C)CC(C)C(N)=NO. The number of rotatable bonds is 5. The third-order valence-corrected chi connectivity index (χ3v) is 3.65. The van der Waals surface area contributed by atoms with E-state index in [9.17, 15) is 4.79 Å². The van der Waals surface area contributed by atoms with Crippen LogP contribution in [0.3, 0.4) is 0 Å². The molecule has 0 heterocycles. The highest BCUT2D eigenvalue weighted by molar-refractivity contribution is 7.98. The molecule has 104 valence electrons.